The molecule has 2 unspecified atom stereocenters. The number of allylic oxidation sites excluding steroid dienone is 2. The summed E-state index contributed by atoms with van der Waals surface area (Å²) >= 11 is 0. The molecule has 0 bridgehead atoms. The number of hydrogen-bond donors (Lipinski definition) is 0. The summed E-state index contributed by atoms with van der Waals surface area (Å²) in [6.45, 7) is 6.21. The molecule has 0 saturated carbocycles. The molecular weight excluding hydrogens is 702 g/mol. The Morgan fingerprint density at radius 1 is 0.543 bits per heavy atom. The van der Waals surface area contributed by atoms with Crippen molar-refractivity contribution in [1.82, 2.24) is 0 Å². The maximum atomic E-state index is 8.45. The number of benzene rings is 4. The van der Waals surface area contributed by atoms with Crippen molar-refractivity contribution in [2.75, 3.05) is 38.0 Å². The van der Waals surface area contributed by atoms with Gasteiger partial charge in [-0.25, -0.2) is 0 Å². The van der Waals surface area contributed by atoms with E-state index in [2.05, 4.69) is 162 Å². The monoisotopic (exact) mass is 743 g/mol. The van der Waals surface area contributed by atoms with Gasteiger partial charge in [0.05, 0.1) is 0 Å². The molecule has 0 saturated heterocycles. The molecule has 2 aliphatic rings. The summed E-state index contributed by atoms with van der Waals surface area (Å²) in [5.74, 6) is 0. The Bertz CT molecular complexity index is 1840. The van der Waals surface area contributed by atoms with Crippen LogP contribution in [-0.2, 0) is 7.75 Å². The molecule has 0 amide bonds. The molecule has 4 aromatic rings. The third-order valence-electron chi connectivity index (χ3n) is 11.0. The zero-order valence-corrected chi connectivity index (χ0v) is 33.6. The molecule has 8 heteroatoms. The quantitative estimate of drug-likeness (QED) is 0.174. The number of anilines is 2. The van der Waals surface area contributed by atoms with Crippen LogP contribution in [-0.4, -0.2) is 34.9 Å². The Hall–Kier alpha value is -1.95. The zero-order chi connectivity index (χ0) is 33.5. The SMILES string of the molecule is CC1=Cc2c(-c3ccc(N(C)C)cc3)cccc2[CH]1[Ti]([Cl])([Cl])([Cl])([Cl])([CH]1C(C)=Cc2c(-c3ccc(N(C)C)cc3)cccc21)[SiH](C)C. The van der Waals surface area contributed by atoms with Crippen molar-refractivity contribution in [2.24, 2.45) is 0 Å². The second-order valence-corrected chi connectivity index (χ2v) is 69.5. The van der Waals surface area contributed by atoms with Gasteiger partial charge in [0.1, 0.15) is 0 Å². The van der Waals surface area contributed by atoms with Gasteiger partial charge in [0.15, 0.2) is 0 Å². The van der Waals surface area contributed by atoms with E-state index in [1.807, 2.05) is 0 Å². The van der Waals surface area contributed by atoms with E-state index in [9.17, 15) is 0 Å². The first-order chi connectivity index (χ1) is 21.3. The van der Waals surface area contributed by atoms with Crippen LogP contribution < -0.4 is 9.80 Å². The van der Waals surface area contributed by atoms with Gasteiger partial charge >= 0.3 is 289 Å². The van der Waals surface area contributed by atoms with Crippen molar-refractivity contribution in [2.45, 2.75) is 35.4 Å². The summed E-state index contributed by atoms with van der Waals surface area (Å²) in [5, 5.41) is 0. The van der Waals surface area contributed by atoms with Gasteiger partial charge in [0, 0.05) is 0 Å². The summed E-state index contributed by atoms with van der Waals surface area (Å²) in [6.07, 6.45) is 4.45. The van der Waals surface area contributed by atoms with Crippen LogP contribution in [0, 0.1) is 0 Å². The number of rotatable bonds is 7. The molecule has 2 atom stereocenters. The minimum absolute atomic E-state index is 0.519. The molecule has 2 aliphatic carbocycles. The number of nitrogens with zero attached hydrogens (tertiary/aromatic N) is 2. The van der Waals surface area contributed by atoms with Crippen LogP contribution in [0.2, 0.25) is 13.1 Å². The molecule has 0 spiro atoms. The Morgan fingerprint density at radius 2 is 0.891 bits per heavy atom. The summed E-state index contributed by atoms with van der Waals surface area (Å²) in [5.41, 5.74) is 13.1. The van der Waals surface area contributed by atoms with Gasteiger partial charge in [-0.3, -0.25) is 0 Å². The summed E-state index contributed by atoms with van der Waals surface area (Å²) in [6, 6.07) is 30.0. The van der Waals surface area contributed by atoms with Crippen molar-refractivity contribution in [3.8, 4) is 22.3 Å². The average Bonchev–Trinajstić information content (AvgIpc) is 3.54. The van der Waals surface area contributed by atoms with Gasteiger partial charge in [-0.05, 0) is 0 Å². The van der Waals surface area contributed by atoms with E-state index >= 15 is 0 Å². The Labute approximate surface area is 286 Å². The zero-order valence-electron chi connectivity index (χ0n) is 27.9. The third-order valence-corrected chi connectivity index (χ3v) is 67.3. The first-order valence-corrected chi connectivity index (χ1v) is 31.9. The number of halogens is 4. The maximum absolute atomic E-state index is 8.45. The minimum atomic E-state index is -6.79. The molecule has 0 aromatic heterocycles. The first kappa shape index (κ1) is 33.9. The molecule has 2 nitrogen and oxygen atoms in total. The first-order valence-electron chi connectivity index (χ1n) is 16.0. The molecule has 6 rings (SSSR count). The van der Waals surface area contributed by atoms with Crippen molar-refractivity contribution < 1.29 is 7.75 Å². The molecule has 4 aromatic carbocycles. The van der Waals surface area contributed by atoms with Gasteiger partial charge in [-0.2, -0.15) is 0 Å². The molecule has 0 aliphatic heterocycles. The van der Waals surface area contributed by atoms with E-state index in [1.165, 1.54) is 0 Å². The van der Waals surface area contributed by atoms with E-state index in [4.69, 9.17) is 37.2 Å². The standard InChI is InChI=1S/2C18H18N.C2H7Si.4ClH.Ti/c2*1-13-11-15-5-4-6-17(18(15)12-13)14-7-9-16(10-8-14)19(2)3;1-3-2;;;;;/h2*4-12H,1-3H3;3H,1-2H3;4*1H;/q;;;;;;;+4/p-4. The Morgan fingerprint density at radius 3 is 1.20 bits per heavy atom. The van der Waals surface area contributed by atoms with Crippen LogP contribution in [0.3, 0.4) is 0 Å². The van der Waals surface area contributed by atoms with Gasteiger partial charge in [0.25, 0.3) is 0 Å². The van der Waals surface area contributed by atoms with Crippen LogP contribution in [0.5, 0.6) is 0 Å². The van der Waals surface area contributed by atoms with Crippen LogP contribution in [0.1, 0.15) is 44.5 Å². The molecule has 0 N–H and O–H groups in total. The van der Waals surface area contributed by atoms with E-state index in [0.29, 0.717) is 0 Å². The summed E-state index contributed by atoms with van der Waals surface area (Å²) in [4.78, 5) is 4.21. The Kier molecular flexibility index (Phi) is 7.58. The van der Waals surface area contributed by atoms with Crippen LogP contribution >= 0.6 is 37.2 Å². The van der Waals surface area contributed by atoms with Gasteiger partial charge in [-0.1, -0.05) is 0 Å². The second-order valence-electron chi connectivity index (χ2n) is 14.5. The van der Waals surface area contributed by atoms with E-state index in [1.54, 1.807) is 0 Å². The van der Waals surface area contributed by atoms with Crippen molar-refractivity contribution in [1.29, 1.82) is 0 Å². The fourth-order valence-electron chi connectivity index (χ4n) is 8.36. The predicted molar refractivity (Wildman–Crippen MR) is 207 cm³/mol. The number of hydrogen-bond acceptors (Lipinski definition) is 2. The molecule has 241 valence electrons. The van der Waals surface area contributed by atoms with Crippen LogP contribution in [0.25, 0.3) is 34.4 Å². The Balaban J connectivity index is 1.57. The predicted octanol–water partition coefficient (Wildman–Crippen LogP) is 12.1. The van der Waals surface area contributed by atoms with Crippen molar-refractivity contribution >= 4 is 67.4 Å². The van der Waals surface area contributed by atoms with Crippen LogP contribution in [0.4, 0.5) is 11.4 Å². The summed E-state index contributed by atoms with van der Waals surface area (Å²) in [7, 11) is 35.2. The fourth-order valence-corrected chi connectivity index (χ4v) is 37.1. The molecule has 46 heavy (non-hydrogen) atoms. The number of fused-ring (bicyclic) bond motifs is 2. The van der Waals surface area contributed by atoms with E-state index in [0.717, 1.165) is 67.0 Å². The topological polar surface area (TPSA) is 6.48 Å². The normalized spacial score (nSPS) is 19.7. The van der Waals surface area contributed by atoms with Gasteiger partial charge in [0.2, 0.25) is 0 Å². The fraction of sp³-hybridized carbons (Fsp3) is 0.263. The molecule has 0 heterocycles. The van der Waals surface area contributed by atoms with Crippen molar-refractivity contribution in [3.63, 3.8) is 0 Å². The molecule has 0 radical (unpaired) electrons. The average molecular weight is 746 g/mol. The molecular formula is C38H43Cl4N2SiTi. The van der Waals surface area contributed by atoms with E-state index in [-0.39, 0.29) is 0 Å². The van der Waals surface area contributed by atoms with E-state index < -0.39 is 22.9 Å². The second kappa shape index (κ2) is 10.3. The van der Waals surface area contributed by atoms with Gasteiger partial charge in [-0.15, -0.1) is 0 Å². The molecule has 0 fully saturated rings. The summed E-state index contributed by atoms with van der Waals surface area (Å²) < 4.78 is -1.04. The van der Waals surface area contributed by atoms with Crippen LogP contribution in [0.15, 0.2) is 96.1 Å². The third kappa shape index (κ3) is 4.76. The van der Waals surface area contributed by atoms with Crippen molar-refractivity contribution in [3.05, 3.63) is 118 Å². The van der Waals surface area contributed by atoms with Gasteiger partial charge < -0.3 is 0 Å².